The number of hydrogen-bond donors (Lipinski definition) is 2. The minimum absolute atomic E-state index is 0.0962. The summed E-state index contributed by atoms with van der Waals surface area (Å²) in [5.74, 6) is -2.24. The van der Waals surface area contributed by atoms with Gasteiger partial charge in [0.15, 0.2) is 15.7 Å². The SMILES string of the molecule is CS(=O)(=O)c1ccc(N2CCC(C(=O)C(=Nc3ccc(F)c(Br)c3)NO)CC2)c(F)c1. The van der Waals surface area contributed by atoms with E-state index >= 15 is 0 Å². The van der Waals surface area contributed by atoms with E-state index in [9.17, 15) is 27.2 Å². The molecule has 0 aromatic heterocycles. The number of hydrogen-bond acceptors (Lipinski definition) is 6. The summed E-state index contributed by atoms with van der Waals surface area (Å²) in [5, 5.41) is 9.37. The fraction of sp³-hybridized carbons (Fsp3) is 0.300. The summed E-state index contributed by atoms with van der Waals surface area (Å²) in [4.78, 5) is 18.5. The second-order valence-corrected chi connectivity index (χ2v) is 10.1. The van der Waals surface area contributed by atoms with E-state index in [1.54, 1.807) is 4.90 Å². The molecule has 0 saturated carbocycles. The summed E-state index contributed by atoms with van der Waals surface area (Å²) in [6, 6.07) is 7.70. The monoisotopic (exact) mass is 515 g/mol. The number of nitrogens with one attached hydrogen (secondary N) is 1. The highest BCUT2D eigenvalue weighted by Gasteiger charge is 2.29. The maximum Gasteiger partial charge on any atom is 0.203 e. The van der Waals surface area contributed by atoms with Gasteiger partial charge in [-0.3, -0.25) is 10.0 Å². The molecule has 1 aliphatic heterocycles. The van der Waals surface area contributed by atoms with E-state index in [0.717, 1.165) is 12.3 Å². The van der Waals surface area contributed by atoms with Gasteiger partial charge in [0, 0.05) is 25.3 Å². The van der Waals surface area contributed by atoms with Gasteiger partial charge in [-0.15, -0.1) is 0 Å². The van der Waals surface area contributed by atoms with Crippen LogP contribution in [0.25, 0.3) is 0 Å². The van der Waals surface area contributed by atoms with Gasteiger partial charge in [0.05, 0.1) is 20.7 Å². The van der Waals surface area contributed by atoms with Crippen molar-refractivity contribution in [2.45, 2.75) is 17.7 Å². The van der Waals surface area contributed by atoms with Crippen LogP contribution >= 0.6 is 15.9 Å². The average Bonchev–Trinajstić information content (AvgIpc) is 2.73. The smallest absolute Gasteiger partial charge is 0.203 e. The Bertz CT molecular complexity index is 1130. The van der Waals surface area contributed by atoms with Crippen molar-refractivity contribution >= 4 is 48.8 Å². The third kappa shape index (κ3) is 5.46. The van der Waals surface area contributed by atoms with Crippen LogP contribution in [0, 0.1) is 17.6 Å². The van der Waals surface area contributed by atoms with Crippen LogP contribution in [0.15, 0.2) is 50.8 Å². The van der Waals surface area contributed by atoms with Crippen molar-refractivity contribution in [2.24, 2.45) is 10.9 Å². The van der Waals surface area contributed by atoms with Crippen LogP contribution in [-0.4, -0.2) is 44.6 Å². The second-order valence-electron chi connectivity index (χ2n) is 7.18. The molecule has 31 heavy (non-hydrogen) atoms. The van der Waals surface area contributed by atoms with Gasteiger partial charge in [-0.25, -0.2) is 27.7 Å². The molecule has 2 aromatic carbocycles. The lowest BCUT2D eigenvalue weighted by molar-refractivity contribution is -0.117. The number of ketones is 1. The molecule has 1 heterocycles. The molecule has 0 unspecified atom stereocenters. The predicted octanol–water partition coefficient (Wildman–Crippen LogP) is 3.63. The van der Waals surface area contributed by atoms with Crippen molar-refractivity contribution in [3.63, 3.8) is 0 Å². The Kier molecular flexibility index (Phi) is 7.07. The molecule has 2 aromatic rings. The average molecular weight is 516 g/mol. The minimum Gasteiger partial charge on any atom is -0.369 e. The molecule has 1 aliphatic rings. The number of halogens is 3. The molecular weight excluding hydrogens is 496 g/mol. The first-order valence-electron chi connectivity index (χ1n) is 9.32. The Hall–Kier alpha value is -2.37. The fourth-order valence-corrected chi connectivity index (χ4v) is 4.37. The Labute approximate surface area is 186 Å². The third-order valence-corrected chi connectivity index (χ3v) is 6.76. The Balaban J connectivity index is 1.70. The number of sulfone groups is 1. The zero-order valence-electron chi connectivity index (χ0n) is 16.5. The van der Waals surface area contributed by atoms with E-state index < -0.39 is 33.2 Å². The lowest BCUT2D eigenvalue weighted by Gasteiger charge is -2.33. The third-order valence-electron chi connectivity index (χ3n) is 5.04. The standard InChI is InChI=1S/C20H20BrF2N3O4S/c1-31(29,30)14-3-5-18(17(23)11-14)26-8-6-12(7-9-26)19(27)20(25-28)24-13-2-4-16(22)15(21)10-13/h2-5,10-12,28H,6-9H2,1H3,(H,24,25). The summed E-state index contributed by atoms with van der Waals surface area (Å²) < 4.78 is 51.1. The maximum absolute atomic E-state index is 14.4. The van der Waals surface area contributed by atoms with Crippen molar-refractivity contribution in [2.75, 3.05) is 24.2 Å². The van der Waals surface area contributed by atoms with Gasteiger partial charge in [-0.1, -0.05) is 0 Å². The number of amidine groups is 1. The molecule has 2 N–H and O–H groups in total. The Morgan fingerprint density at radius 1 is 1.16 bits per heavy atom. The lowest BCUT2D eigenvalue weighted by atomic mass is 9.91. The predicted molar refractivity (Wildman–Crippen MR) is 116 cm³/mol. The van der Waals surface area contributed by atoms with Crippen LogP contribution in [0.4, 0.5) is 20.2 Å². The Morgan fingerprint density at radius 3 is 2.39 bits per heavy atom. The number of carbonyl (C=O) groups excluding carboxylic acids is 1. The van der Waals surface area contributed by atoms with Crippen molar-refractivity contribution < 1.29 is 27.2 Å². The zero-order chi connectivity index (χ0) is 22.8. The summed E-state index contributed by atoms with van der Waals surface area (Å²) >= 11 is 3.04. The molecule has 166 valence electrons. The van der Waals surface area contributed by atoms with Gasteiger partial charge in [0.25, 0.3) is 0 Å². The van der Waals surface area contributed by atoms with Crippen LogP contribution in [0.1, 0.15) is 12.8 Å². The molecule has 3 rings (SSSR count). The van der Waals surface area contributed by atoms with E-state index in [-0.39, 0.29) is 26.6 Å². The summed E-state index contributed by atoms with van der Waals surface area (Å²) in [6.07, 6.45) is 1.79. The van der Waals surface area contributed by atoms with E-state index in [2.05, 4.69) is 20.9 Å². The van der Waals surface area contributed by atoms with Gasteiger partial charge in [0.1, 0.15) is 11.6 Å². The van der Waals surface area contributed by atoms with Crippen LogP contribution in [0.3, 0.4) is 0 Å². The topological polar surface area (TPSA) is 99.1 Å². The molecule has 0 bridgehead atoms. The lowest BCUT2D eigenvalue weighted by Crippen LogP contribution is -2.41. The van der Waals surface area contributed by atoms with Crippen molar-refractivity contribution in [3.05, 3.63) is 52.5 Å². The van der Waals surface area contributed by atoms with E-state index in [1.807, 2.05) is 5.48 Å². The first kappa shape index (κ1) is 23.3. The van der Waals surface area contributed by atoms with Gasteiger partial charge in [0.2, 0.25) is 5.78 Å². The molecule has 0 spiro atoms. The number of hydroxylamine groups is 1. The highest BCUT2D eigenvalue weighted by molar-refractivity contribution is 9.10. The number of piperidine rings is 1. The maximum atomic E-state index is 14.4. The highest BCUT2D eigenvalue weighted by atomic mass is 79.9. The molecule has 1 saturated heterocycles. The molecule has 0 radical (unpaired) electrons. The van der Waals surface area contributed by atoms with Crippen LogP contribution in [-0.2, 0) is 14.6 Å². The van der Waals surface area contributed by atoms with Crippen LogP contribution < -0.4 is 10.4 Å². The van der Waals surface area contributed by atoms with Gasteiger partial charge < -0.3 is 4.90 Å². The number of aliphatic imine (C=N–C) groups is 1. The van der Waals surface area contributed by atoms with E-state index in [0.29, 0.717) is 25.9 Å². The van der Waals surface area contributed by atoms with Crippen LogP contribution in [0.5, 0.6) is 0 Å². The van der Waals surface area contributed by atoms with Crippen LogP contribution in [0.2, 0.25) is 0 Å². The molecule has 0 amide bonds. The zero-order valence-corrected chi connectivity index (χ0v) is 18.9. The summed E-state index contributed by atoms with van der Waals surface area (Å²) in [5.41, 5.74) is 2.36. The molecule has 1 fully saturated rings. The Morgan fingerprint density at radius 2 is 1.84 bits per heavy atom. The number of rotatable bonds is 5. The molecule has 0 aliphatic carbocycles. The van der Waals surface area contributed by atoms with Crippen molar-refractivity contribution in [1.29, 1.82) is 0 Å². The van der Waals surface area contributed by atoms with Gasteiger partial charge in [-0.05, 0) is 65.2 Å². The van der Waals surface area contributed by atoms with E-state index in [4.69, 9.17) is 0 Å². The first-order valence-corrected chi connectivity index (χ1v) is 12.0. The quantitative estimate of drug-likeness (QED) is 0.358. The normalized spacial score (nSPS) is 15.8. The fourth-order valence-electron chi connectivity index (χ4n) is 3.37. The first-order chi connectivity index (χ1) is 14.6. The largest absolute Gasteiger partial charge is 0.369 e. The van der Waals surface area contributed by atoms with E-state index in [1.165, 1.54) is 30.3 Å². The second kappa shape index (κ2) is 9.41. The number of anilines is 1. The number of carbonyl (C=O) groups is 1. The minimum atomic E-state index is -3.51. The number of nitrogens with zero attached hydrogens (tertiary/aromatic N) is 2. The van der Waals surface area contributed by atoms with Crippen molar-refractivity contribution in [3.8, 4) is 0 Å². The van der Waals surface area contributed by atoms with Gasteiger partial charge in [-0.2, -0.15) is 0 Å². The molecule has 7 nitrogen and oxygen atoms in total. The van der Waals surface area contributed by atoms with Crippen molar-refractivity contribution in [1.82, 2.24) is 5.48 Å². The van der Waals surface area contributed by atoms with Gasteiger partial charge >= 0.3 is 0 Å². The highest BCUT2D eigenvalue weighted by Crippen LogP contribution is 2.28. The summed E-state index contributed by atoms with van der Waals surface area (Å²) in [6.45, 7) is 0.735. The molecular formula is C20H20BrF2N3O4S. The molecule has 11 heteroatoms. The molecule has 0 atom stereocenters. The number of benzene rings is 2. The summed E-state index contributed by atoms with van der Waals surface area (Å²) in [7, 11) is -3.51. The number of Topliss-reactive ketones (excluding diaryl/α,β-unsaturated/α-hetero) is 1.